The summed E-state index contributed by atoms with van der Waals surface area (Å²) >= 11 is 1.42. The van der Waals surface area contributed by atoms with Gasteiger partial charge in [0.1, 0.15) is 17.3 Å². The lowest BCUT2D eigenvalue weighted by Crippen LogP contribution is -2.25. The lowest BCUT2D eigenvalue weighted by molar-refractivity contribution is 0.449. The summed E-state index contributed by atoms with van der Waals surface area (Å²) in [5.74, 6) is -0.433. The first kappa shape index (κ1) is 16.8. The molecule has 5 nitrogen and oxygen atoms in total. The van der Waals surface area contributed by atoms with Gasteiger partial charge in [-0.25, -0.2) is 9.07 Å². The molecule has 1 aromatic heterocycles. The molecule has 3 rings (SSSR count). The Hall–Kier alpha value is -3.06. The molecule has 0 saturated heterocycles. The zero-order chi connectivity index (χ0) is 18.0. The molecule has 0 saturated carbocycles. The largest absolute Gasteiger partial charge is 0.508 e. The summed E-state index contributed by atoms with van der Waals surface area (Å²) in [6.07, 6.45) is 0. The molecule has 128 valence electrons. The Balaban J connectivity index is 2.00. The van der Waals surface area contributed by atoms with Gasteiger partial charge in [-0.2, -0.15) is 0 Å². The van der Waals surface area contributed by atoms with E-state index >= 15 is 0 Å². The lowest BCUT2D eigenvalue weighted by atomic mass is 10.1. The quantitative estimate of drug-likeness (QED) is 0.669. The Morgan fingerprint density at radius 3 is 2.56 bits per heavy atom. The van der Waals surface area contributed by atoms with Crippen molar-refractivity contribution in [2.75, 3.05) is 12.5 Å². The van der Waals surface area contributed by atoms with Gasteiger partial charge < -0.3 is 10.2 Å². The number of aromatic hydroxyl groups is 2. The molecular weight excluding hydrogens is 341 g/mol. The van der Waals surface area contributed by atoms with Gasteiger partial charge in [-0.3, -0.25) is 10.4 Å². The fourth-order valence-electron chi connectivity index (χ4n) is 2.37. The van der Waals surface area contributed by atoms with Crippen LogP contribution in [0.5, 0.6) is 11.5 Å². The molecule has 0 fully saturated rings. The number of halogens is 1. The summed E-state index contributed by atoms with van der Waals surface area (Å²) < 4.78 is 14.9. The number of benzene rings is 2. The summed E-state index contributed by atoms with van der Waals surface area (Å²) in [6, 6.07) is 10.4. The summed E-state index contributed by atoms with van der Waals surface area (Å²) in [5.41, 5.74) is 5.57. The topological polar surface area (TPSA) is 69.8 Å². The summed E-state index contributed by atoms with van der Waals surface area (Å²) in [4.78, 5) is 4.90. The van der Waals surface area contributed by atoms with Crippen molar-refractivity contribution in [3.8, 4) is 22.8 Å². The van der Waals surface area contributed by atoms with E-state index in [9.17, 15) is 14.6 Å². The Bertz CT molecular complexity index is 990. The highest BCUT2D eigenvalue weighted by atomic mass is 32.1. The van der Waals surface area contributed by atoms with E-state index in [1.165, 1.54) is 35.6 Å². The highest BCUT2D eigenvalue weighted by Crippen LogP contribution is 2.28. The minimum Gasteiger partial charge on any atom is -0.508 e. The third kappa shape index (κ3) is 3.41. The van der Waals surface area contributed by atoms with E-state index in [0.717, 1.165) is 11.3 Å². The first-order chi connectivity index (χ1) is 12.0. The monoisotopic (exact) mass is 357 g/mol. The molecule has 1 heterocycles. The van der Waals surface area contributed by atoms with Crippen molar-refractivity contribution >= 4 is 17.0 Å². The molecule has 0 amide bonds. The van der Waals surface area contributed by atoms with Gasteiger partial charge in [-0.15, -0.1) is 11.3 Å². The third-order valence-electron chi connectivity index (χ3n) is 3.59. The van der Waals surface area contributed by atoms with E-state index < -0.39 is 0 Å². The Labute approximate surface area is 147 Å². The van der Waals surface area contributed by atoms with E-state index in [0.29, 0.717) is 16.1 Å². The van der Waals surface area contributed by atoms with Crippen LogP contribution in [0.15, 0.2) is 59.4 Å². The van der Waals surface area contributed by atoms with E-state index in [4.69, 9.17) is 0 Å². The minimum absolute atomic E-state index is 0.0338. The number of rotatable bonds is 4. The average molecular weight is 357 g/mol. The van der Waals surface area contributed by atoms with Crippen molar-refractivity contribution in [2.45, 2.75) is 0 Å². The number of thiazole rings is 1. The van der Waals surface area contributed by atoms with Crippen molar-refractivity contribution in [3.63, 3.8) is 0 Å². The first-order valence-corrected chi connectivity index (χ1v) is 8.25. The summed E-state index contributed by atoms with van der Waals surface area (Å²) in [6.45, 7) is 3.94. The van der Waals surface area contributed by atoms with Crippen molar-refractivity contribution in [3.05, 3.63) is 70.6 Å². The van der Waals surface area contributed by atoms with Crippen LogP contribution in [-0.2, 0) is 0 Å². The molecular formula is C18H16FN3O2S. The molecule has 0 spiro atoms. The highest BCUT2D eigenvalue weighted by Gasteiger charge is 2.12. The molecule has 0 radical (unpaired) electrons. The maximum Gasteiger partial charge on any atom is 0.204 e. The number of hydrogen-bond donors (Lipinski definition) is 3. The predicted octanol–water partition coefficient (Wildman–Crippen LogP) is 3.51. The number of phenols is 2. The van der Waals surface area contributed by atoms with Crippen LogP contribution in [0.4, 0.5) is 4.39 Å². The lowest BCUT2D eigenvalue weighted by Gasteiger charge is -2.15. The van der Waals surface area contributed by atoms with Crippen LogP contribution >= 0.6 is 11.3 Å². The Kier molecular flexibility index (Phi) is 4.58. The molecule has 0 aliphatic heterocycles. The zero-order valence-electron chi connectivity index (χ0n) is 13.4. The van der Waals surface area contributed by atoms with Gasteiger partial charge >= 0.3 is 0 Å². The van der Waals surface area contributed by atoms with Crippen LogP contribution in [0.25, 0.3) is 17.0 Å². The maximum absolute atomic E-state index is 13.2. The van der Waals surface area contributed by atoms with Crippen LogP contribution in [-0.4, -0.2) is 21.9 Å². The number of aromatic nitrogens is 1. The van der Waals surface area contributed by atoms with Crippen LogP contribution in [0.1, 0.15) is 5.56 Å². The van der Waals surface area contributed by atoms with E-state index in [-0.39, 0.29) is 17.3 Å². The fourth-order valence-corrected chi connectivity index (χ4v) is 3.18. The molecule has 25 heavy (non-hydrogen) atoms. The Morgan fingerprint density at radius 2 is 1.92 bits per heavy atom. The number of hydrogen-bond acceptors (Lipinski definition) is 5. The predicted molar refractivity (Wildman–Crippen MR) is 97.4 cm³/mol. The molecule has 2 aromatic carbocycles. The number of phenolic OH excluding ortho intramolecular Hbond substituents is 2. The van der Waals surface area contributed by atoms with Gasteiger partial charge in [0, 0.05) is 29.6 Å². The zero-order valence-corrected chi connectivity index (χ0v) is 14.2. The third-order valence-corrected chi connectivity index (χ3v) is 4.51. The molecule has 0 atom stereocenters. The van der Waals surface area contributed by atoms with Gasteiger partial charge in [0.15, 0.2) is 0 Å². The minimum atomic E-state index is -0.308. The number of nitrogens with zero attached hydrogens (tertiary/aromatic N) is 2. The second-order valence-corrected chi connectivity index (χ2v) is 6.10. The fraction of sp³-hybridized carbons (Fsp3) is 0.0556. The Morgan fingerprint density at radius 1 is 1.20 bits per heavy atom. The smallest absolute Gasteiger partial charge is 0.204 e. The SMILES string of the molecule is C=C(Nn1c(-c2ccc(F)cc2)csc1=NC)c1ccc(O)cc1O. The standard InChI is InChI=1S/C18H16FN3O2S/c1-11(15-8-7-14(23)9-17(15)24)21-22-16(10-25-18(22)20-2)12-3-5-13(19)6-4-12/h3-10,21,23-24H,1H2,2H3. The van der Waals surface area contributed by atoms with Gasteiger partial charge in [0.25, 0.3) is 0 Å². The molecule has 3 N–H and O–H groups in total. The van der Waals surface area contributed by atoms with Gasteiger partial charge in [-0.1, -0.05) is 6.58 Å². The van der Waals surface area contributed by atoms with Crippen molar-refractivity contribution in [1.29, 1.82) is 0 Å². The van der Waals surface area contributed by atoms with Gasteiger partial charge in [0.2, 0.25) is 4.80 Å². The van der Waals surface area contributed by atoms with Crippen LogP contribution in [0.2, 0.25) is 0 Å². The molecule has 3 aromatic rings. The van der Waals surface area contributed by atoms with E-state index in [1.54, 1.807) is 29.9 Å². The first-order valence-electron chi connectivity index (χ1n) is 7.37. The normalized spacial score (nSPS) is 11.5. The maximum atomic E-state index is 13.2. The van der Waals surface area contributed by atoms with Gasteiger partial charge in [-0.05, 0) is 36.4 Å². The second-order valence-electron chi connectivity index (χ2n) is 5.26. The van der Waals surface area contributed by atoms with Crippen molar-refractivity contribution in [1.82, 2.24) is 4.68 Å². The average Bonchev–Trinajstić information content (AvgIpc) is 2.98. The van der Waals surface area contributed by atoms with Crippen molar-refractivity contribution < 1.29 is 14.6 Å². The van der Waals surface area contributed by atoms with Crippen LogP contribution < -0.4 is 10.2 Å². The van der Waals surface area contributed by atoms with Gasteiger partial charge in [0.05, 0.1) is 11.4 Å². The summed E-state index contributed by atoms with van der Waals surface area (Å²) in [5, 5.41) is 21.3. The molecule has 0 unspecified atom stereocenters. The van der Waals surface area contributed by atoms with Crippen molar-refractivity contribution in [2.24, 2.45) is 4.99 Å². The molecule has 7 heteroatoms. The summed E-state index contributed by atoms with van der Waals surface area (Å²) in [7, 11) is 1.67. The number of nitrogens with one attached hydrogen (secondary N) is 1. The van der Waals surface area contributed by atoms with E-state index in [1.807, 2.05) is 5.38 Å². The highest BCUT2D eigenvalue weighted by molar-refractivity contribution is 7.07. The van der Waals surface area contributed by atoms with Crippen LogP contribution in [0, 0.1) is 5.82 Å². The molecule has 0 aliphatic carbocycles. The molecule has 0 bridgehead atoms. The molecule has 0 aliphatic rings. The second kappa shape index (κ2) is 6.82. The van der Waals surface area contributed by atoms with E-state index in [2.05, 4.69) is 17.0 Å². The van der Waals surface area contributed by atoms with Crippen LogP contribution in [0.3, 0.4) is 0 Å².